The van der Waals surface area contributed by atoms with Crippen LogP contribution in [0.15, 0.2) is 243 Å². The molecular formula is C62H40N2S. The second kappa shape index (κ2) is 15.2. The van der Waals surface area contributed by atoms with Crippen molar-refractivity contribution >= 4 is 91.9 Å². The first-order valence-corrected chi connectivity index (χ1v) is 23.1. The predicted octanol–water partition coefficient (Wildman–Crippen LogP) is 17.9. The highest BCUT2D eigenvalue weighted by Crippen LogP contribution is 2.46. The van der Waals surface area contributed by atoms with Crippen molar-refractivity contribution in [2.24, 2.45) is 0 Å². The third kappa shape index (κ3) is 6.16. The van der Waals surface area contributed by atoms with Crippen molar-refractivity contribution < 1.29 is 0 Å². The Morgan fingerprint density at radius 3 is 1.62 bits per heavy atom. The fraction of sp³-hybridized carbons (Fsp3) is 0. The Hall–Kier alpha value is -8.24. The van der Waals surface area contributed by atoms with Crippen molar-refractivity contribution in [3.05, 3.63) is 243 Å². The quantitative estimate of drug-likeness (QED) is 0.145. The van der Waals surface area contributed by atoms with Crippen molar-refractivity contribution in [2.75, 3.05) is 4.90 Å². The van der Waals surface area contributed by atoms with Crippen molar-refractivity contribution in [2.45, 2.75) is 0 Å². The van der Waals surface area contributed by atoms with E-state index in [1.54, 1.807) is 0 Å². The summed E-state index contributed by atoms with van der Waals surface area (Å²) >= 11 is 1.88. The van der Waals surface area contributed by atoms with E-state index in [2.05, 4.69) is 252 Å². The van der Waals surface area contributed by atoms with Gasteiger partial charge in [-0.15, -0.1) is 11.3 Å². The average Bonchev–Trinajstić information content (AvgIpc) is 3.93. The topological polar surface area (TPSA) is 8.17 Å². The van der Waals surface area contributed by atoms with Crippen LogP contribution in [0.3, 0.4) is 0 Å². The summed E-state index contributed by atoms with van der Waals surface area (Å²) < 4.78 is 5.03. The lowest BCUT2D eigenvalue weighted by Crippen LogP contribution is -2.12. The van der Waals surface area contributed by atoms with E-state index >= 15 is 0 Å². The van der Waals surface area contributed by atoms with Crippen LogP contribution >= 0.6 is 11.3 Å². The maximum Gasteiger partial charge on any atom is 0.0546 e. The highest BCUT2D eigenvalue weighted by atomic mass is 32.1. The molecule has 2 heterocycles. The molecule has 0 amide bonds. The molecule has 65 heavy (non-hydrogen) atoms. The van der Waals surface area contributed by atoms with Crippen LogP contribution < -0.4 is 4.90 Å². The zero-order valence-corrected chi connectivity index (χ0v) is 36.2. The summed E-state index contributed by atoms with van der Waals surface area (Å²) in [6.45, 7) is 0. The van der Waals surface area contributed by atoms with E-state index in [1.165, 1.54) is 85.8 Å². The van der Waals surface area contributed by atoms with Gasteiger partial charge in [-0.25, -0.2) is 0 Å². The molecule has 304 valence electrons. The van der Waals surface area contributed by atoms with Crippen LogP contribution in [-0.2, 0) is 0 Å². The second-order valence-corrected chi connectivity index (χ2v) is 17.9. The number of rotatable bonds is 7. The van der Waals surface area contributed by atoms with E-state index in [9.17, 15) is 0 Å². The van der Waals surface area contributed by atoms with Crippen LogP contribution in [0.1, 0.15) is 0 Å². The number of benzene rings is 11. The van der Waals surface area contributed by atoms with Crippen LogP contribution in [0.2, 0.25) is 0 Å². The molecule has 0 aliphatic carbocycles. The number of para-hydroxylation sites is 2. The van der Waals surface area contributed by atoms with Gasteiger partial charge in [-0.3, -0.25) is 0 Å². The molecule has 13 rings (SSSR count). The highest BCUT2D eigenvalue weighted by molar-refractivity contribution is 7.26. The number of aromatic nitrogens is 1. The Morgan fingerprint density at radius 2 is 0.877 bits per heavy atom. The highest BCUT2D eigenvalue weighted by Gasteiger charge is 2.21. The van der Waals surface area contributed by atoms with Crippen LogP contribution in [0, 0.1) is 0 Å². The molecule has 0 N–H and O–H groups in total. The van der Waals surface area contributed by atoms with Gasteiger partial charge in [0, 0.05) is 53.6 Å². The molecule has 11 aromatic carbocycles. The molecule has 0 saturated carbocycles. The Labute approximate surface area is 381 Å². The minimum absolute atomic E-state index is 1.08. The van der Waals surface area contributed by atoms with E-state index in [1.807, 2.05) is 11.3 Å². The number of anilines is 3. The van der Waals surface area contributed by atoms with Crippen LogP contribution in [-0.4, -0.2) is 4.57 Å². The fourth-order valence-corrected chi connectivity index (χ4v) is 11.4. The smallest absolute Gasteiger partial charge is 0.0546 e. The summed E-state index contributed by atoms with van der Waals surface area (Å²) in [5.74, 6) is 0. The van der Waals surface area contributed by atoms with Crippen LogP contribution in [0.4, 0.5) is 17.1 Å². The summed E-state index contributed by atoms with van der Waals surface area (Å²) in [4.78, 5) is 2.45. The Balaban J connectivity index is 1.03. The van der Waals surface area contributed by atoms with Gasteiger partial charge in [0.2, 0.25) is 0 Å². The van der Waals surface area contributed by atoms with Gasteiger partial charge in [0.25, 0.3) is 0 Å². The maximum atomic E-state index is 2.45. The van der Waals surface area contributed by atoms with Gasteiger partial charge in [-0.1, -0.05) is 176 Å². The number of fused-ring (bicyclic) bond motifs is 9. The van der Waals surface area contributed by atoms with Gasteiger partial charge in [0.1, 0.15) is 0 Å². The first-order valence-electron chi connectivity index (χ1n) is 22.2. The molecule has 3 heteroatoms. The standard InChI is InChI=1S/C62H40N2S/c1-2-15-41(16-3-1)49-38-31-44(57-39-43-17-4-5-18-48(43)51-19-6-7-20-52(51)57)40-60(49)63(45-32-29-42(30-33-45)50-24-14-25-56-55-23-10-13-28-61(55)65-62(50)56)46-34-36-47(37-35-46)64-58-26-11-8-21-53(58)54-22-9-12-27-59(54)64/h1-40H. The number of hydrogen-bond acceptors (Lipinski definition) is 2. The molecule has 13 aromatic rings. The molecule has 0 spiro atoms. The Morgan fingerprint density at radius 1 is 0.323 bits per heavy atom. The Bertz CT molecular complexity index is 3880. The second-order valence-electron chi connectivity index (χ2n) is 16.8. The monoisotopic (exact) mass is 844 g/mol. The van der Waals surface area contributed by atoms with E-state index < -0.39 is 0 Å². The molecule has 0 radical (unpaired) electrons. The average molecular weight is 845 g/mol. The van der Waals surface area contributed by atoms with Crippen molar-refractivity contribution in [1.82, 2.24) is 4.57 Å². The lowest BCUT2D eigenvalue weighted by molar-refractivity contribution is 1.17. The SMILES string of the molecule is c1ccc(-c2ccc(-c3cc4ccccc4c4ccccc34)cc2N(c2ccc(-c3cccc4c3sc3ccccc34)cc2)c2ccc(-n3c4ccccc4c4ccccc43)cc2)cc1. The molecule has 2 aromatic heterocycles. The lowest BCUT2D eigenvalue weighted by Gasteiger charge is -2.29. The summed E-state index contributed by atoms with van der Waals surface area (Å²) in [6, 6.07) is 89.1. The number of thiophene rings is 1. The van der Waals surface area contributed by atoms with E-state index in [4.69, 9.17) is 0 Å². The zero-order chi connectivity index (χ0) is 42.8. The minimum Gasteiger partial charge on any atom is -0.310 e. The molecular weight excluding hydrogens is 805 g/mol. The Kier molecular flexibility index (Phi) is 8.75. The van der Waals surface area contributed by atoms with E-state index in [0.29, 0.717) is 0 Å². The zero-order valence-electron chi connectivity index (χ0n) is 35.4. The summed E-state index contributed by atoms with van der Waals surface area (Å²) in [5, 5.41) is 10.1. The molecule has 0 fully saturated rings. The van der Waals surface area contributed by atoms with Crippen molar-refractivity contribution in [3.63, 3.8) is 0 Å². The van der Waals surface area contributed by atoms with Crippen molar-refractivity contribution in [3.8, 4) is 39.1 Å². The predicted molar refractivity (Wildman–Crippen MR) is 280 cm³/mol. The fourth-order valence-electron chi connectivity index (χ4n) is 10.2. The normalized spacial score (nSPS) is 11.7. The minimum atomic E-state index is 1.08. The van der Waals surface area contributed by atoms with E-state index in [-0.39, 0.29) is 0 Å². The van der Waals surface area contributed by atoms with Crippen LogP contribution in [0.5, 0.6) is 0 Å². The van der Waals surface area contributed by atoms with Gasteiger partial charge in [0.15, 0.2) is 0 Å². The molecule has 0 unspecified atom stereocenters. The molecule has 0 atom stereocenters. The van der Waals surface area contributed by atoms with Gasteiger partial charge in [-0.05, 0) is 116 Å². The molecule has 0 aliphatic heterocycles. The first-order chi connectivity index (χ1) is 32.2. The van der Waals surface area contributed by atoms with Gasteiger partial charge in [-0.2, -0.15) is 0 Å². The number of nitrogens with zero attached hydrogens (tertiary/aromatic N) is 2. The molecule has 0 aliphatic rings. The largest absolute Gasteiger partial charge is 0.310 e. The lowest BCUT2D eigenvalue weighted by atomic mass is 9.91. The third-order valence-electron chi connectivity index (χ3n) is 13.2. The maximum absolute atomic E-state index is 2.45. The van der Waals surface area contributed by atoms with Gasteiger partial charge in [0.05, 0.1) is 16.7 Å². The van der Waals surface area contributed by atoms with Crippen LogP contribution in [0.25, 0.3) is 103 Å². The summed E-state index contributed by atoms with van der Waals surface area (Å²) in [6.07, 6.45) is 0. The molecule has 2 nitrogen and oxygen atoms in total. The first kappa shape index (κ1) is 37.3. The third-order valence-corrected chi connectivity index (χ3v) is 14.4. The summed E-state index contributed by atoms with van der Waals surface area (Å²) in [5.41, 5.74) is 13.9. The van der Waals surface area contributed by atoms with E-state index in [0.717, 1.165) is 33.9 Å². The van der Waals surface area contributed by atoms with Gasteiger partial charge < -0.3 is 9.47 Å². The molecule has 0 saturated heterocycles. The number of hydrogen-bond donors (Lipinski definition) is 0. The summed E-state index contributed by atoms with van der Waals surface area (Å²) in [7, 11) is 0. The molecule has 0 bridgehead atoms. The van der Waals surface area contributed by atoms with Gasteiger partial charge >= 0.3 is 0 Å². The van der Waals surface area contributed by atoms with Crippen molar-refractivity contribution in [1.29, 1.82) is 0 Å².